The summed E-state index contributed by atoms with van der Waals surface area (Å²) in [5.74, 6) is 0.119. The number of aromatic nitrogens is 1. The van der Waals surface area contributed by atoms with Crippen LogP contribution < -0.4 is 0 Å². The lowest BCUT2D eigenvalue weighted by molar-refractivity contribution is -0.142. The number of hydrogen-bond donors (Lipinski definition) is 1. The van der Waals surface area contributed by atoms with Gasteiger partial charge in [-0.3, -0.25) is 4.79 Å². The Kier molecular flexibility index (Phi) is 3.47. The van der Waals surface area contributed by atoms with Crippen LogP contribution in [0.3, 0.4) is 0 Å². The van der Waals surface area contributed by atoms with E-state index in [1.165, 1.54) is 17.9 Å². The van der Waals surface area contributed by atoms with Crippen LogP contribution in [0.25, 0.3) is 10.9 Å². The van der Waals surface area contributed by atoms with Crippen molar-refractivity contribution in [3.63, 3.8) is 0 Å². The normalized spacial score (nSPS) is 12.6. The molecule has 0 bridgehead atoms. The lowest BCUT2D eigenvalue weighted by Gasteiger charge is -2.10. The third-order valence-electron chi connectivity index (χ3n) is 2.81. The van der Waals surface area contributed by atoms with E-state index in [9.17, 15) is 4.79 Å². The molecule has 1 N–H and O–H groups in total. The van der Waals surface area contributed by atoms with E-state index in [1.807, 2.05) is 18.3 Å². The van der Waals surface area contributed by atoms with Crippen molar-refractivity contribution in [2.45, 2.75) is 20.3 Å². The van der Waals surface area contributed by atoms with Gasteiger partial charge in [-0.1, -0.05) is 25.1 Å². The SMILES string of the molecule is CC(=O)OC[C@@H](C)Cc1c[nH]c2ccccc12. The fourth-order valence-corrected chi connectivity index (χ4v) is 1.99. The minimum absolute atomic E-state index is 0.212. The summed E-state index contributed by atoms with van der Waals surface area (Å²) < 4.78 is 5.02. The molecule has 2 aromatic rings. The van der Waals surface area contributed by atoms with E-state index in [-0.39, 0.29) is 5.97 Å². The second-order valence-electron chi connectivity index (χ2n) is 4.47. The first-order valence-corrected chi connectivity index (χ1v) is 5.85. The molecule has 90 valence electrons. The minimum atomic E-state index is -0.212. The average molecular weight is 231 g/mol. The average Bonchev–Trinajstić information content (AvgIpc) is 2.70. The maximum absolute atomic E-state index is 10.7. The molecule has 0 amide bonds. The quantitative estimate of drug-likeness (QED) is 0.822. The Hall–Kier alpha value is -1.77. The number of hydrogen-bond acceptors (Lipinski definition) is 2. The smallest absolute Gasteiger partial charge is 0.302 e. The number of para-hydroxylation sites is 1. The highest BCUT2D eigenvalue weighted by Gasteiger charge is 2.09. The van der Waals surface area contributed by atoms with Gasteiger partial charge in [-0.05, 0) is 24.0 Å². The molecule has 1 aromatic heterocycles. The van der Waals surface area contributed by atoms with Gasteiger partial charge < -0.3 is 9.72 Å². The van der Waals surface area contributed by atoms with Gasteiger partial charge in [0.1, 0.15) is 0 Å². The lowest BCUT2D eigenvalue weighted by Crippen LogP contribution is -2.11. The van der Waals surface area contributed by atoms with E-state index < -0.39 is 0 Å². The predicted molar refractivity (Wildman–Crippen MR) is 67.8 cm³/mol. The maximum Gasteiger partial charge on any atom is 0.302 e. The number of carbonyl (C=O) groups excluding carboxylic acids is 1. The zero-order chi connectivity index (χ0) is 12.3. The number of rotatable bonds is 4. The Labute approximate surface area is 101 Å². The first-order chi connectivity index (χ1) is 8.16. The van der Waals surface area contributed by atoms with E-state index in [0.717, 1.165) is 11.9 Å². The molecule has 0 aliphatic heterocycles. The van der Waals surface area contributed by atoms with Crippen LogP contribution in [0.5, 0.6) is 0 Å². The van der Waals surface area contributed by atoms with Gasteiger partial charge in [-0.15, -0.1) is 0 Å². The third kappa shape index (κ3) is 2.87. The third-order valence-corrected chi connectivity index (χ3v) is 2.81. The zero-order valence-electron chi connectivity index (χ0n) is 10.2. The Balaban J connectivity index is 2.05. The van der Waals surface area contributed by atoms with Gasteiger partial charge in [-0.25, -0.2) is 0 Å². The van der Waals surface area contributed by atoms with Crippen molar-refractivity contribution in [3.05, 3.63) is 36.0 Å². The first kappa shape index (κ1) is 11.7. The highest BCUT2D eigenvalue weighted by molar-refractivity contribution is 5.83. The summed E-state index contributed by atoms with van der Waals surface area (Å²) >= 11 is 0. The van der Waals surface area contributed by atoms with Crippen LogP contribution in [-0.2, 0) is 16.0 Å². The van der Waals surface area contributed by atoms with Crippen molar-refractivity contribution >= 4 is 16.9 Å². The van der Waals surface area contributed by atoms with Gasteiger partial charge in [0.15, 0.2) is 0 Å². The molecule has 0 saturated heterocycles. The van der Waals surface area contributed by atoms with Crippen molar-refractivity contribution in [3.8, 4) is 0 Å². The van der Waals surface area contributed by atoms with Gasteiger partial charge in [0.05, 0.1) is 6.61 Å². The number of esters is 1. The molecule has 2 rings (SSSR count). The monoisotopic (exact) mass is 231 g/mol. The highest BCUT2D eigenvalue weighted by Crippen LogP contribution is 2.20. The van der Waals surface area contributed by atoms with Crippen LogP contribution in [-0.4, -0.2) is 17.6 Å². The summed E-state index contributed by atoms with van der Waals surface area (Å²) in [4.78, 5) is 14.0. The van der Waals surface area contributed by atoms with E-state index >= 15 is 0 Å². The maximum atomic E-state index is 10.7. The van der Waals surface area contributed by atoms with Gasteiger partial charge in [-0.2, -0.15) is 0 Å². The number of H-pyrrole nitrogens is 1. The van der Waals surface area contributed by atoms with Crippen LogP contribution >= 0.6 is 0 Å². The summed E-state index contributed by atoms with van der Waals surface area (Å²) in [6.45, 7) is 4.01. The lowest BCUT2D eigenvalue weighted by atomic mass is 10.0. The van der Waals surface area contributed by atoms with E-state index in [4.69, 9.17) is 4.74 Å². The van der Waals surface area contributed by atoms with E-state index in [1.54, 1.807) is 0 Å². The molecule has 0 spiro atoms. The Morgan fingerprint density at radius 2 is 2.18 bits per heavy atom. The van der Waals surface area contributed by atoms with Crippen LogP contribution in [0, 0.1) is 5.92 Å². The Bertz CT molecular complexity index is 516. The van der Waals surface area contributed by atoms with Crippen LogP contribution in [0.1, 0.15) is 19.4 Å². The molecule has 0 fully saturated rings. The van der Waals surface area contributed by atoms with Crippen molar-refractivity contribution in [1.29, 1.82) is 0 Å². The van der Waals surface area contributed by atoms with Crippen molar-refractivity contribution < 1.29 is 9.53 Å². The Morgan fingerprint density at radius 1 is 1.41 bits per heavy atom. The molecule has 1 aromatic carbocycles. The molecule has 3 heteroatoms. The molecule has 0 unspecified atom stereocenters. The fraction of sp³-hybridized carbons (Fsp3) is 0.357. The highest BCUT2D eigenvalue weighted by atomic mass is 16.5. The number of ether oxygens (including phenoxy) is 1. The molecule has 1 heterocycles. The summed E-state index contributed by atoms with van der Waals surface area (Å²) in [7, 11) is 0. The summed E-state index contributed by atoms with van der Waals surface area (Å²) in [6.07, 6.45) is 2.95. The first-order valence-electron chi connectivity index (χ1n) is 5.85. The van der Waals surface area contributed by atoms with Gasteiger partial charge in [0.25, 0.3) is 0 Å². The molecular formula is C14H17NO2. The molecule has 17 heavy (non-hydrogen) atoms. The largest absolute Gasteiger partial charge is 0.466 e. The van der Waals surface area contributed by atoms with Crippen molar-refractivity contribution in [2.75, 3.05) is 6.61 Å². The summed E-state index contributed by atoms with van der Waals surface area (Å²) in [6, 6.07) is 8.23. The number of carbonyl (C=O) groups is 1. The minimum Gasteiger partial charge on any atom is -0.466 e. The molecule has 0 radical (unpaired) electrons. The van der Waals surface area contributed by atoms with Crippen LogP contribution in [0.2, 0.25) is 0 Å². The van der Waals surface area contributed by atoms with Gasteiger partial charge >= 0.3 is 5.97 Å². The molecule has 0 aliphatic carbocycles. The second-order valence-corrected chi connectivity index (χ2v) is 4.47. The van der Waals surface area contributed by atoms with Gasteiger partial charge in [0.2, 0.25) is 0 Å². The number of nitrogens with one attached hydrogen (secondary N) is 1. The topological polar surface area (TPSA) is 42.1 Å². The second kappa shape index (κ2) is 5.04. The number of aromatic amines is 1. The van der Waals surface area contributed by atoms with Crippen LogP contribution in [0.15, 0.2) is 30.5 Å². The standard InChI is InChI=1S/C14H17NO2/c1-10(9-17-11(2)16)7-12-8-15-14-6-4-3-5-13(12)14/h3-6,8,10,15H,7,9H2,1-2H3/t10-/m0/s1. The van der Waals surface area contributed by atoms with E-state index in [0.29, 0.717) is 12.5 Å². The molecular weight excluding hydrogens is 214 g/mol. The molecule has 1 atom stereocenters. The predicted octanol–water partition coefficient (Wildman–Crippen LogP) is 2.91. The molecule has 0 saturated carbocycles. The van der Waals surface area contributed by atoms with Gasteiger partial charge in [0, 0.05) is 24.0 Å². The molecule has 3 nitrogen and oxygen atoms in total. The molecule has 0 aliphatic rings. The summed E-state index contributed by atoms with van der Waals surface area (Å²) in [5, 5.41) is 1.25. The van der Waals surface area contributed by atoms with Crippen molar-refractivity contribution in [2.24, 2.45) is 5.92 Å². The summed E-state index contributed by atoms with van der Waals surface area (Å²) in [5.41, 5.74) is 2.43. The number of fused-ring (bicyclic) bond motifs is 1. The number of benzene rings is 1. The van der Waals surface area contributed by atoms with E-state index in [2.05, 4.69) is 24.0 Å². The zero-order valence-corrected chi connectivity index (χ0v) is 10.2. The fourth-order valence-electron chi connectivity index (χ4n) is 1.99. The van der Waals surface area contributed by atoms with Crippen LogP contribution in [0.4, 0.5) is 0 Å². The Morgan fingerprint density at radius 3 is 2.94 bits per heavy atom. The van der Waals surface area contributed by atoms with Crippen molar-refractivity contribution in [1.82, 2.24) is 4.98 Å².